The molecule has 4 nitrogen and oxygen atoms in total. The van der Waals surface area contributed by atoms with Gasteiger partial charge in [-0.3, -0.25) is 4.79 Å². The molecule has 1 aromatic heterocycles. The van der Waals surface area contributed by atoms with E-state index in [1.807, 2.05) is 62.4 Å². The minimum Gasteiger partial charge on any atom is -0.346 e. The first-order chi connectivity index (χ1) is 19.6. The largest absolute Gasteiger partial charge is 0.416 e. The van der Waals surface area contributed by atoms with Gasteiger partial charge in [0.05, 0.1) is 23.2 Å². The van der Waals surface area contributed by atoms with Gasteiger partial charge in [-0.2, -0.15) is 18.4 Å². The maximum Gasteiger partial charge on any atom is 0.416 e. The second-order valence-electron chi connectivity index (χ2n) is 10.2. The van der Waals surface area contributed by atoms with E-state index in [1.165, 1.54) is 6.07 Å². The molecule has 0 bridgehead atoms. The Hall–Kier alpha value is -4.83. The molecule has 5 rings (SSSR count). The van der Waals surface area contributed by atoms with E-state index < -0.39 is 17.8 Å². The predicted octanol–water partition coefficient (Wildman–Crippen LogP) is 8.35. The molecular formula is C34H28F3N3O. The lowest BCUT2D eigenvalue weighted by Gasteiger charge is -2.16. The molecule has 1 amide bonds. The molecule has 5 aromatic rings. The molecule has 1 unspecified atom stereocenters. The number of benzene rings is 4. The molecule has 7 heteroatoms. The Morgan fingerprint density at radius 3 is 2.39 bits per heavy atom. The quantitative estimate of drug-likeness (QED) is 0.231. The van der Waals surface area contributed by atoms with Crippen molar-refractivity contribution in [1.82, 2.24) is 9.88 Å². The van der Waals surface area contributed by atoms with Crippen molar-refractivity contribution in [3.05, 3.63) is 130 Å². The molecule has 0 spiro atoms. The number of hydrogen-bond donors (Lipinski definition) is 1. The van der Waals surface area contributed by atoms with Crippen molar-refractivity contribution >= 4 is 16.8 Å². The first-order valence-corrected chi connectivity index (χ1v) is 13.2. The van der Waals surface area contributed by atoms with Gasteiger partial charge in [0, 0.05) is 28.7 Å². The number of aromatic nitrogens is 1. The molecule has 0 fully saturated rings. The van der Waals surface area contributed by atoms with Crippen LogP contribution in [0.1, 0.15) is 56.8 Å². The van der Waals surface area contributed by atoms with Crippen molar-refractivity contribution in [3.8, 4) is 17.2 Å². The summed E-state index contributed by atoms with van der Waals surface area (Å²) in [5.74, 6) is -0.352. The number of carbonyl (C=O) groups excluding carboxylic acids is 1. The summed E-state index contributed by atoms with van der Waals surface area (Å²) in [6, 6.07) is 27.8. The summed E-state index contributed by atoms with van der Waals surface area (Å²) in [6.45, 7) is 6.36. The van der Waals surface area contributed by atoms with Crippen LogP contribution in [0.5, 0.6) is 0 Å². The third kappa shape index (κ3) is 5.59. The van der Waals surface area contributed by atoms with Crippen LogP contribution in [0.15, 0.2) is 91.0 Å². The predicted molar refractivity (Wildman–Crippen MR) is 154 cm³/mol. The Balaban J connectivity index is 1.37. The number of fused-ring (bicyclic) bond motifs is 1. The summed E-state index contributed by atoms with van der Waals surface area (Å²) in [5, 5.41) is 13.2. The smallest absolute Gasteiger partial charge is 0.346 e. The molecule has 4 aromatic carbocycles. The summed E-state index contributed by atoms with van der Waals surface area (Å²) < 4.78 is 41.6. The second-order valence-corrected chi connectivity index (χ2v) is 10.2. The molecule has 0 radical (unpaired) electrons. The van der Waals surface area contributed by atoms with Gasteiger partial charge < -0.3 is 9.88 Å². The third-order valence-electron chi connectivity index (χ3n) is 7.62. The number of aryl methyl sites for hydroxylation is 1. The molecule has 41 heavy (non-hydrogen) atoms. The van der Waals surface area contributed by atoms with E-state index in [1.54, 1.807) is 19.1 Å². The normalized spacial score (nSPS) is 12.2. The van der Waals surface area contributed by atoms with Crippen LogP contribution < -0.4 is 5.32 Å². The van der Waals surface area contributed by atoms with Crippen molar-refractivity contribution in [2.45, 2.75) is 39.5 Å². The number of amides is 1. The van der Waals surface area contributed by atoms with E-state index >= 15 is 0 Å². The fourth-order valence-corrected chi connectivity index (χ4v) is 5.15. The first-order valence-electron chi connectivity index (χ1n) is 13.2. The molecule has 1 heterocycles. The lowest BCUT2D eigenvalue weighted by Crippen LogP contribution is -2.26. The van der Waals surface area contributed by atoms with Crippen LogP contribution in [0, 0.1) is 25.2 Å². The van der Waals surface area contributed by atoms with E-state index in [-0.39, 0.29) is 5.91 Å². The summed E-state index contributed by atoms with van der Waals surface area (Å²) >= 11 is 0. The second kappa shape index (κ2) is 11.0. The van der Waals surface area contributed by atoms with E-state index in [0.717, 1.165) is 51.0 Å². The van der Waals surface area contributed by atoms with Crippen molar-refractivity contribution in [2.24, 2.45) is 0 Å². The summed E-state index contributed by atoms with van der Waals surface area (Å²) in [6.07, 6.45) is -4.45. The summed E-state index contributed by atoms with van der Waals surface area (Å²) in [5.41, 5.74) is 6.81. The van der Waals surface area contributed by atoms with Crippen molar-refractivity contribution < 1.29 is 18.0 Å². The fraction of sp³-hybridized carbons (Fsp3) is 0.176. The molecule has 0 saturated carbocycles. The highest BCUT2D eigenvalue weighted by Gasteiger charge is 2.30. The van der Waals surface area contributed by atoms with Crippen molar-refractivity contribution in [2.75, 3.05) is 0 Å². The molecule has 0 saturated heterocycles. The monoisotopic (exact) mass is 551 g/mol. The van der Waals surface area contributed by atoms with Gasteiger partial charge in [-0.25, -0.2) is 0 Å². The Labute approximate surface area is 236 Å². The Kier molecular flexibility index (Phi) is 7.42. The zero-order chi connectivity index (χ0) is 29.3. The van der Waals surface area contributed by atoms with Crippen LogP contribution in [-0.2, 0) is 12.7 Å². The lowest BCUT2D eigenvalue weighted by molar-refractivity contribution is -0.137. The molecule has 206 valence electrons. The highest BCUT2D eigenvalue weighted by Crippen LogP contribution is 2.32. The highest BCUT2D eigenvalue weighted by atomic mass is 19.4. The van der Waals surface area contributed by atoms with Crippen LogP contribution in [-0.4, -0.2) is 10.5 Å². The molecular weight excluding hydrogens is 523 g/mol. The van der Waals surface area contributed by atoms with Crippen LogP contribution in [0.4, 0.5) is 13.2 Å². The van der Waals surface area contributed by atoms with Gasteiger partial charge in [0.1, 0.15) is 0 Å². The maximum absolute atomic E-state index is 13.1. The number of nitrogens with one attached hydrogen (secondary N) is 1. The average molecular weight is 552 g/mol. The number of nitriles is 1. The highest BCUT2D eigenvalue weighted by molar-refractivity contribution is 5.99. The van der Waals surface area contributed by atoms with Crippen LogP contribution in [0.2, 0.25) is 0 Å². The molecule has 1 atom stereocenters. The van der Waals surface area contributed by atoms with Gasteiger partial charge in [0.25, 0.3) is 5.91 Å². The van der Waals surface area contributed by atoms with Crippen LogP contribution in [0.25, 0.3) is 22.0 Å². The summed E-state index contributed by atoms with van der Waals surface area (Å²) in [4.78, 5) is 13.1. The number of carbonyl (C=O) groups is 1. The minimum absolute atomic E-state index is 0.352. The van der Waals surface area contributed by atoms with E-state index in [9.17, 15) is 23.2 Å². The van der Waals surface area contributed by atoms with Gasteiger partial charge in [-0.05, 0) is 85.0 Å². The van der Waals surface area contributed by atoms with E-state index in [4.69, 9.17) is 0 Å². The van der Waals surface area contributed by atoms with Gasteiger partial charge in [0.2, 0.25) is 0 Å². The summed E-state index contributed by atoms with van der Waals surface area (Å²) in [7, 11) is 0. The Bertz CT molecular complexity index is 1790. The first kappa shape index (κ1) is 27.7. The number of nitrogens with zero attached hydrogens (tertiary/aromatic N) is 2. The van der Waals surface area contributed by atoms with Crippen molar-refractivity contribution in [1.29, 1.82) is 5.26 Å². The van der Waals surface area contributed by atoms with Gasteiger partial charge in [0.15, 0.2) is 0 Å². The third-order valence-corrected chi connectivity index (χ3v) is 7.62. The molecule has 1 N–H and O–H groups in total. The molecule has 0 aliphatic carbocycles. The Morgan fingerprint density at radius 1 is 0.951 bits per heavy atom. The van der Waals surface area contributed by atoms with Crippen molar-refractivity contribution in [3.63, 3.8) is 0 Å². The number of alkyl halides is 3. The minimum atomic E-state index is -4.45. The average Bonchev–Trinajstić information content (AvgIpc) is 3.21. The van der Waals surface area contributed by atoms with Gasteiger partial charge in [-0.15, -0.1) is 0 Å². The standard InChI is InChI=1S/C34H28F3N3O/c1-21-23(3)40(20-24-11-13-25(14-12-24)30-10-5-4-7-28(30)19-38)32-16-15-27(18-31(21)32)33(41)39-22(2)26-8-6-9-29(17-26)34(35,36)37/h4-18,22H,20H2,1-3H3,(H,39,41). The van der Waals surface area contributed by atoms with Gasteiger partial charge in [-0.1, -0.05) is 54.6 Å². The SMILES string of the molecule is Cc1c(C)n(Cc2ccc(-c3ccccc3C#N)cc2)c2ccc(C(=O)NC(C)c3cccc(C(F)(F)F)c3)cc12. The molecule has 0 aliphatic rings. The maximum atomic E-state index is 13.1. The van der Waals surface area contributed by atoms with E-state index in [0.29, 0.717) is 23.2 Å². The fourth-order valence-electron chi connectivity index (χ4n) is 5.15. The molecule has 0 aliphatic heterocycles. The van der Waals surface area contributed by atoms with Crippen LogP contribution >= 0.6 is 0 Å². The topological polar surface area (TPSA) is 57.8 Å². The van der Waals surface area contributed by atoms with E-state index in [2.05, 4.69) is 28.1 Å². The zero-order valence-electron chi connectivity index (χ0n) is 22.9. The number of halogens is 3. The number of rotatable bonds is 6. The Morgan fingerprint density at radius 2 is 1.68 bits per heavy atom. The zero-order valence-corrected chi connectivity index (χ0v) is 22.9. The van der Waals surface area contributed by atoms with Gasteiger partial charge >= 0.3 is 6.18 Å². The van der Waals surface area contributed by atoms with Crippen LogP contribution in [0.3, 0.4) is 0 Å². The number of hydrogen-bond acceptors (Lipinski definition) is 2. The lowest BCUT2D eigenvalue weighted by atomic mass is 9.99.